The summed E-state index contributed by atoms with van der Waals surface area (Å²) in [7, 11) is 0. The molecule has 0 aliphatic carbocycles. The highest BCUT2D eigenvalue weighted by Gasteiger charge is 2.19. The number of benzene rings is 2. The van der Waals surface area contributed by atoms with Crippen LogP contribution in [0.25, 0.3) is 11.0 Å². The summed E-state index contributed by atoms with van der Waals surface area (Å²) in [5.41, 5.74) is 8.24. The molecule has 3 aromatic rings. The summed E-state index contributed by atoms with van der Waals surface area (Å²) >= 11 is 0. The van der Waals surface area contributed by atoms with E-state index in [0.717, 1.165) is 28.7 Å². The molecule has 0 aliphatic heterocycles. The van der Waals surface area contributed by atoms with Crippen LogP contribution in [-0.4, -0.2) is 0 Å². The van der Waals surface area contributed by atoms with Gasteiger partial charge in [-0.15, -0.1) is 0 Å². The molecular weight excluding hydrogens is 260 g/mol. The molecule has 1 atom stereocenters. The van der Waals surface area contributed by atoms with Crippen LogP contribution in [0.5, 0.6) is 0 Å². The molecule has 3 rings (SSSR count). The number of furan rings is 1. The average Bonchev–Trinajstić information content (AvgIpc) is 2.79. The van der Waals surface area contributed by atoms with E-state index < -0.39 is 17.7 Å². The van der Waals surface area contributed by atoms with Gasteiger partial charge in [-0.3, -0.25) is 0 Å². The molecule has 4 heteroatoms. The van der Waals surface area contributed by atoms with Gasteiger partial charge >= 0.3 is 0 Å². The zero-order valence-corrected chi connectivity index (χ0v) is 10.9. The molecule has 0 amide bonds. The van der Waals surface area contributed by atoms with E-state index in [1.165, 1.54) is 6.07 Å². The number of fused-ring (bicyclic) bond motifs is 1. The molecule has 0 bridgehead atoms. The van der Waals surface area contributed by atoms with Gasteiger partial charge in [0.25, 0.3) is 0 Å². The Morgan fingerprint density at radius 1 is 1.05 bits per heavy atom. The van der Waals surface area contributed by atoms with Crippen molar-refractivity contribution >= 4 is 11.0 Å². The van der Waals surface area contributed by atoms with Crippen molar-refractivity contribution in [1.82, 2.24) is 0 Å². The second-order valence-electron chi connectivity index (χ2n) is 4.74. The van der Waals surface area contributed by atoms with E-state index in [-0.39, 0.29) is 0 Å². The molecule has 0 fully saturated rings. The minimum absolute atomic E-state index is 0.478. The van der Waals surface area contributed by atoms with Gasteiger partial charge in [0.05, 0.1) is 6.04 Å². The lowest BCUT2D eigenvalue weighted by molar-refractivity contribution is 0.498. The van der Waals surface area contributed by atoms with Gasteiger partial charge in [-0.25, -0.2) is 8.78 Å². The molecule has 2 nitrogen and oxygen atoms in total. The van der Waals surface area contributed by atoms with Gasteiger partial charge in [-0.05, 0) is 30.7 Å². The van der Waals surface area contributed by atoms with Crippen molar-refractivity contribution in [3.63, 3.8) is 0 Å². The third kappa shape index (κ3) is 1.98. The first kappa shape index (κ1) is 12.8. The Labute approximate surface area is 114 Å². The van der Waals surface area contributed by atoms with Crippen molar-refractivity contribution in [1.29, 1.82) is 0 Å². The Morgan fingerprint density at radius 2 is 1.80 bits per heavy atom. The van der Waals surface area contributed by atoms with E-state index in [1.54, 1.807) is 0 Å². The molecule has 2 N–H and O–H groups in total. The Bertz CT molecular complexity index is 779. The van der Waals surface area contributed by atoms with Crippen LogP contribution >= 0.6 is 0 Å². The summed E-state index contributed by atoms with van der Waals surface area (Å²) in [6.45, 7) is 1.90. The Morgan fingerprint density at radius 3 is 2.50 bits per heavy atom. The summed E-state index contributed by atoms with van der Waals surface area (Å²) in [5.74, 6) is -1.23. The van der Waals surface area contributed by atoms with E-state index in [4.69, 9.17) is 10.2 Å². The minimum atomic E-state index is -0.910. The number of hydrogen-bond acceptors (Lipinski definition) is 2. The lowest BCUT2D eigenvalue weighted by atomic mass is 10.0. The Hall–Kier alpha value is -2.20. The minimum Gasteiger partial charge on any atom is -0.459 e. The topological polar surface area (TPSA) is 39.2 Å². The lowest BCUT2D eigenvalue weighted by Crippen LogP contribution is -2.12. The maximum Gasteiger partial charge on any atom is 0.159 e. The fourth-order valence-corrected chi connectivity index (χ4v) is 2.35. The highest BCUT2D eigenvalue weighted by molar-refractivity contribution is 5.82. The van der Waals surface area contributed by atoms with Crippen LogP contribution in [0.2, 0.25) is 0 Å². The van der Waals surface area contributed by atoms with Gasteiger partial charge in [-0.2, -0.15) is 0 Å². The third-order valence-corrected chi connectivity index (χ3v) is 3.47. The molecule has 0 saturated heterocycles. The first-order valence-electron chi connectivity index (χ1n) is 6.26. The molecular formula is C16H13F2NO. The van der Waals surface area contributed by atoms with Gasteiger partial charge < -0.3 is 10.2 Å². The summed E-state index contributed by atoms with van der Waals surface area (Å²) in [6, 6.07) is 10.6. The summed E-state index contributed by atoms with van der Waals surface area (Å²) < 4.78 is 32.0. The van der Waals surface area contributed by atoms with E-state index in [9.17, 15) is 8.78 Å². The maximum absolute atomic E-state index is 13.3. The van der Waals surface area contributed by atoms with Crippen LogP contribution in [-0.2, 0) is 0 Å². The van der Waals surface area contributed by atoms with E-state index in [1.807, 2.05) is 31.2 Å². The normalized spacial score (nSPS) is 12.8. The third-order valence-electron chi connectivity index (χ3n) is 3.47. The number of aryl methyl sites for hydroxylation is 1. The van der Waals surface area contributed by atoms with Crippen molar-refractivity contribution in [2.24, 2.45) is 5.73 Å². The standard InChI is InChI=1S/C16H13F2NO/c1-9-11-4-2-3-5-14(11)20-16(9)15(19)10-6-7-12(17)13(18)8-10/h2-8,15H,19H2,1H3. The van der Waals surface area contributed by atoms with Crippen LogP contribution in [0.4, 0.5) is 8.78 Å². The van der Waals surface area contributed by atoms with Crippen LogP contribution in [0, 0.1) is 18.6 Å². The smallest absolute Gasteiger partial charge is 0.159 e. The van der Waals surface area contributed by atoms with Crippen LogP contribution in [0.1, 0.15) is 22.9 Å². The fraction of sp³-hybridized carbons (Fsp3) is 0.125. The first-order valence-corrected chi connectivity index (χ1v) is 6.26. The van der Waals surface area contributed by atoms with Gasteiger partial charge in [0, 0.05) is 10.9 Å². The quantitative estimate of drug-likeness (QED) is 0.764. The molecule has 0 saturated carbocycles. The molecule has 0 spiro atoms. The SMILES string of the molecule is Cc1c(C(N)c2ccc(F)c(F)c2)oc2ccccc12. The molecule has 1 heterocycles. The number of hydrogen-bond donors (Lipinski definition) is 1. The number of nitrogens with two attached hydrogens (primary N) is 1. The average molecular weight is 273 g/mol. The zero-order valence-electron chi connectivity index (χ0n) is 10.9. The van der Waals surface area contributed by atoms with Crippen LogP contribution < -0.4 is 5.73 Å². The molecule has 20 heavy (non-hydrogen) atoms. The zero-order chi connectivity index (χ0) is 14.3. The highest BCUT2D eigenvalue weighted by Crippen LogP contribution is 2.31. The Kier molecular flexibility index (Phi) is 3.03. The lowest BCUT2D eigenvalue weighted by Gasteiger charge is -2.10. The van der Waals surface area contributed by atoms with Gasteiger partial charge in [0.1, 0.15) is 11.3 Å². The van der Waals surface area contributed by atoms with Gasteiger partial charge in [-0.1, -0.05) is 24.3 Å². The first-order chi connectivity index (χ1) is 9.58. The van der Waals surface area contributed by atoms with Gasteiger partial charge in [0.2, 0.25) is 0 Å². The van der Waals surface area contributed by atoms with E-state index >= 15 is 0 Å². The Balaban J connectivity index is 2.09. The van der Waals surface area contributed by atoms with Gasteiger partial charge in [0.15, 0.2) is 11.6 Å². The number of rotatable bonds is 2. The van der Waals surface area contributed by atoms with Crippen LogP contribution in [0.3, 0.4) is 0 Å². The van der Waals surface area contributed by atoms with Crippen LogP contribution in [0.15, 0.2) is 46.9 Å². The van der Waals surface area contributed by atoms with Crippen molar-refractivity contribution in [3.8, 4) is 0 Å². The molecule has 2 aromatic carbocycles. The summed E-state index contributed by atoms with van der Waals surface area (Å²) in [5, 5.41) is 0.973. The monoisotopic (exact) mass is 273 g/mol. The van der Waals surface area contributed by atoms with Crippen molar-refractivity contribution in [3.05, 3.63) is 71.0 Å². The molecule has 102 valence electrons. The maximum atomic E-state index is 13.3. The predicted octanol–water partition coefficient (Wildman–Crippen LogP) is 4.07. The summed E-state index contributed by atoms with van der Waals surface area (Å²) in [4.78, 5) is 0. The number of halogens is 2. The van der Waals surface area contributed by atoms with Crippen molar-refractivity contribution < 1.29 is 13.2 Å². The molecule has 0 radical (unpaired) electrons. The van der Waals surface area contributed by atoms with E-state index in [2.05, 4.69) is 0 Å². The van der Waals surface area contributed by atoms with Crippen molar-refractivity contribution in [2.75, 3.05) is 0 Å². The molecule has 1 aromatic heterocycles. The van der Waals surface area contributed by atoms with E-state index in [0.29, 0.717) is 11.3 Å². The molecule has 1 unspecified atom stereocenters. The molecule has 0 aliphatic rings. The summed E-state index contributed by atoms with van der Waals surface area (Å²) in [6.07, 6.45) is 0. The number of para-hydroxylation sites is 1. The van der Waals surface area contributed by atoms with Crippen molar-refractivity contribution in [2.45, 2.75) is 13.0 Å². The highest BCUT2D eigenvalue weighted by atomic mass is 19.2. The predicted molar refractivity (Wildman–Crippen MR) is 73.3 cm³/mol. The largest absolute Gasteiger partial charge is 0.459 e. The second kappa shape index (κ2) is 4.72. The second-order valence-corrected chi connectivity index (χ2v) is 4.74. The fourth-order valence-electron chi connectivity index (χ4n) is 2.35.